The molecule has 0 radical (unpaired) electrons. The zero-order chi connectivity index (χ0) is 21.2. The van der Waals surface area contributed by atoms with Gasteiger partial charge in [0.15, 0.2) is 5.78 Å². The topological polar surface area (TPSA) is 102 Å². The summed E-state index contributed by atoms with van der Waals surface area (Å²) in [6.45, 7) is 3.62. The highest BCUT2D eigenvalue weighted by atomic mass is 16.1. The van der Waals surface area contributed by atoms with E-state index < -0.39 is 0 Å². The lowest BCUT2D eigenvalue weighted by Gasteiger charge is -2.28. The Kier molecular flexibility index (Phi) is 5.09. The van der Waals surface area contributed by atoms with Crippen LogP contribution in [0.3, 0.4) is 0 Å². The molecule has 31 heavy (non-hydrogen) atoms. The first-order valence-corrected chi connectivity index (χ1v) is 10.2. The minimum atomic E-state index is 0.0221. The normalized spacial score (nSPS) is 14.2. The second-order valence-corrected chi connectivity index (χ2v) is 7.61. The van der Waals surface area contributed by atoms with E-state index in [1.54, 1.807) is 29.3 Å². The van der Waals surface area contributed by atoms with Gasteiger partial charge in [-0.3, -0.25) is 19.4 Å². The number of nitrogens with one attached hydrogen (secondary N) is 1. The van der Waals surface area contributed by atoms with E-state index in [0.29, 0.717) is 17.0 Å². The van der Waals surface area contributed by atoms with Crippen LogP contribution in [0, 0.1) is 0 Å². The van der Waals surface area contributed by atoms with Crippen LogP contribution in [0.25, 0.3) is 22.2 Å². The number of hydrogen-bond donors (Lipinski definition) is 1. The van der Waals surface area contributed by atoms with E-state index in [2.05, 4.69) is 35.5 Å². The standard InChI is InChI=1S/C22H22N8O/c1-29-14-20(27-28-29)19-9-16-8-18(25-12-17(16)13-26-19)11-21(31)15-2-3-24-22(10-15)30-6-4-23-5-7-30/h2-3,8-10,12-14,23H,4-7,11H2,1H3. The van der Waals surface area contributed by atoms with E-state index >= 15 is 0 Å². The zero-order valence-corrected chi connectivity index (χ0v) is 17.2. The van der Waals surface area contributed by atoms with Gasteiger partial charge in [-0.25, -0.2) is 4.98 Å². The summed E-state index contributed by atoms with van der Waals surface area (Å²) in [5.74, 6) is 0.868. The molecule has 0 saturated carbocycles. The fourth-order valence-electron chi connectivity index (χ4n) is 3.71. The maximum absolute atomic E-state index is 12.9. The second-order valence-electron chi connectivity index (χ2n) is 7.61. The molecule has 1 fully saturated rings. The molecule has 9 heteroatoms. The lowest BCUT2D eigenvalue weighted by Crippen LogP contribution is -2.43. The van der Waals surface area contributed by atoms with E-state index in [0.717, 1.165) is 48.5 Å². The first kappa shape index (κ1) is 19.3. The number of ketones is 1. The molecule has 0 unspecified atom stereocenters. The minimum Gasteiger partial charge on any atom is -0.354 e. The van der Waals surface area contributed by atoms with Gasteiger partial charge in [0.2, 0.25) is 0 Å². The number of aryl methyl sites for hydroxylation is 1. The number of carbonyl (C=O) groups is 1. The summed E-state index contributed by atoms with van der Waals surface area (Å²) in [6.07, 6.45) is 7.27. The van der Waals surface area contributed by atoms with Gasteiger partial charge in [-0.1, -0.05) is 5.21 Å². The van der Waals surface area contributed by atoms with Crippen LogP contribution >= 0.6 is 0 Å². The van der Waals surface area contributed by atoms with Gasteiger partial charge in [-0.15, -0.1) is 5.10 Å². The average Bonchev–Trinajstić information content (AvgIpc) is 3.25. The molecule has 9 nitrogen and oxygen atoms in total. The predicted octanol–water partition coefficient (Wildman–Crippen LogP) is 1.66. The fourth-order valence-corrected chi connectivity index (χ4v) is 3.71. The van der Waals surface area contributed by atoms with E-state index in [9.17, 15) is 4.79 Å². The summed E-state index contributed by atoms with van der Waals surface area (Å²) < 4.78 is 1.64. The Labute approximate surface area is 179 Å². The molecule has 0 amide bonds. The Balaban J connectivity index is 1.37. The van der Waals surface area contributed by atoms with E-state index in [-0.39, 0.29) is 12.2 Å². The number of fused-ring (bicyclic) bond motifs is 1. The third kappa shape index (κ3) is 4.13. The van der Waals surface area contributed by atoms with Crippen LogP contribution in [0.5, 0.6) is 0 Å². The Morgan fingerprint density at radius 2 is 1.87 bits per heavy atom. The number of piperazine rings is 1. The molecule has 0 aromatic carbocycles. The van der Waals surface area contributed by atoms with Crippen molar-refractivity contribution in [3.63, 3.8) is 0 Å². The van der Waals surface area contributed by atoms with Crippen molar-refractivity contribution < 1.29 is 4.79 Å². The molecule has 156 valence electrons. The van der Waals surface area contributed by atoms with Gasteiger partial charge in [0.05, 0.1) is 18.3 Å². The van der Waals surface area contributed by atoms with E-state index in [4.69, 9.17) is 0 Å². The SMILES string of the molecule is Cn1cc(-c2cc3cc(CC(=O)c4ccnc(N5CCNCC5)c4)ncc3cn2)nn1. The smallest absolute Gasteiger partial charge is 0.169 e. The lowest BCUT2D eigenvalue weighted by atomic mass is 10.1. The van der Waals surface area contributed by atoms with Gasteiger partial charge < -0.3 is 10.2 Å². The second kappa shape index (κ2) is 8.19. The van der Waals surface area contributed by atoms with Crippen molar-refractivity contribution in [3.05, 3.63) is 60.3 Å². The largest absolute Gasteiger partial charge is 0.354 e. The Morgan fingerprint density at radius 1 is 1.03 bits per heavy atom. The highest BCUT2D eigenvalue weighted by molar-refractivity contribution is 5.98. The van der Waals surface area contributed by atoms with Crippen molar-refractivity contribution in [2.45, 2.75) is 6.42 Å². The van der Waals surface area contributed by atoms with Gasteiger partial charge >= 0.3 is 0 Å². The number of hydrogen-bond acceptors (Lipinski definition) is 8. The Morgan fingerprint density at radius 3 is 2.68 bits per heavy atom. The van der Waals surface area contributed by atoms with Crippen LogP contribution in [-0.4, -0.2) is 61.9 Å². The number of anilines is 1. The lowest BCUT2D eigenvalue weighted by molar-refractivity contribution is 0.0992. The van der Waals surface area contributed by atoms with Gasteiger partial charge in [-0.05, 0) is 29.7 Å². The van der Waals surface area contributed by atoms with Crippen LogP contribution < -0.4 is 10.2 Å². The van der Waals surface area contributed by atoms with Crippen LogP contribution in [0.4, 0.5) is 5.82 Å². The Hall–Kier alpha value is -3.72. The quantitative estimate of drug-likeness (QED) is 0.492. The number of nitrogens with zero attached hydrogens (tertiary/aromatic N) is 7. The minimum absolute atomic E-state index is 0.0221. The van der Waals surface area contributed by atoms with Gasteiger partial charge in [0.25, 0.3) is 0 Å². The number of pyridine rings is 3. The molecular formula is C22H22N8O. The van der Waals surface area contributed by atoms with E-state index in [1.165, 1.54) is 0 Å². The van der Waals surface area contributed by atoms with Crippen molar-refractivity contribution in [1.82, 2.24) is 35.3 Å². The van der Waals surface area contributed by atoms with Crippen LogP contribution in [0.2, 0.25) is 0 Å². The number of rotatable bonds is 5. The predicted molar refractivity (Wildman–Crippen MR) is 117 cm³/mol. The summed E-state index contributed by atoms with van der Waals surface area (Å²) in [5.41, 5.74) is 2.81. The highest BCUT2D eigenvalue weighted by Crippen LogP contribution is 2.21. The number of Topliss-reactive ketones (excluding diaryl/α,β-unsaturated/α-hetero) is 1. The van der Waals surface area contributed by atoms with Gasteiger partial charge in [0, 0.05) is 68.5 Å². The molecule has 5 rings (SSSR count). The summed E-state index contributed by atoms with van der Waals surface area (Å²) >= 11 is 0. The molecule has 1 aliphatic heterocycles. The Bertz CT molecular complexity index is 1250. The van der Waals surface area contributed by atoms with Crippen LogP contribution in [-0.2, 0) is 13.5 Å². The van der Waals surface area contributed by atoms with Gasteiger partial charge in [0.1, 0.15) is 11.5 Å². The third-order valence-corrected chi connectivity index (χ3v) is 5.38. The number of aromatic nitrogens is 6. The maximum atomic E-state index is 12.9. The van der Waals surface area contributed by atoms with Crippen molar-refractivity contribution in [1.29, 1.82) is 0 Å². The molecule has 0 atom stereocenters. The molecule has 4 aromatic heterocycles. The monoisotopic (exact) mass is 414 g/mol. The van der Waals surface area contributed by atoms with Crippen molar-refractivity contribution in [2.24, 2.45) is 7.05 Å². The fraction of sp³-hybridized carbons (Fsp3) is 0.273. The summed E-state index contributed by atoms with van der Waals surface area (Å²) in [7, 11) is 1.82. The van der Waals surface area contributed by atoms with Crippen LogP contribution in [0.15, 0.2) is 49.1 Å². The molecule has 1 N–H and O–H groups in total. The summed E-state index contributed by atoms with van der Waals surface area (Å²) in [4.78, 5) is 28.5. The third-order valence-electron chi connectivity index (χ3n) is 5.38. The maximum Gasteiger partial charge on any atom is 0.169 e. The van der Waals surface area contributed by atoms with E-state index in [1.807, 2.05) is 31.4 Å². The summed E-state index contributed by atoms with van der Waals surface area (Å²) in [5, 5.41) is 13.3. The summed E-state index contributed by atoms with van der Waals surface area (Å²) in [6, 6.07) is 7.53. The molecule has 4 aromatic rings. The van der Waals surface area contributed by atoms with Crippen molar-refractivity contribution in [3.8, 4) is 11.4 Å². The molecular weight excluding hydrogens is 392 g/mol. The molecule has 5 heterocycles. The van der Waals surface area contributed by atoms with Gasteiger partial charge in [-0.2, -0.15) is 0 Å². The molecule has 0 aliphatic carbocycles. The highest BCUT2D eigenvalue weighted by Gasteiger charge is 2.15. The number of carbonyl (C=O) groups excluding carboxylic acids is 1. The molecule has 0 bridgehead atoms. The van der Waals surface area contributed by atoms with Crippen LogP contribution in [0.1, 0.15) is 16.1 Å². The molecule has 1 saturated heterocycles. The average molecular weight is 414 g/mol. The molecule has 0 spiro atoms. The zero-order valence-electron chi connectivity index (χ0n) is 17.2. The first-order valence-electron chi connectivity index (χ1n) is 10.2. The first-order chi connectivity index (χ1) is 15.2. The van der Waals surface area contributed by atoms with Crippen molar-refractivity contribution >= 4 is 22.4 Å². The van der Waals surface area contributed by atoms with Crippen molar-refractivity contribution in [2.75, 3.05) is 31.1 Å². The molecule has 1 aliphatic rings.